The lowest BCUT2D eigenvalue weighted by Gasteiger charge is -2.18. The molecule has 7 heteroatoms. The maximum atomic E-state index is 12.9. The van der Waals surface area contributed by atoms with Crippen LogP contribution in [-0.4, -0.2) is 24.6 Å². The topological polar surface area (TPSA) is 89.0 Å². The molecule has 0 saturated heterocycles. The van der Waals surface area contributed by atoms with Crippen LogP contribution in [0.2, 0.25) is 0 Å². The number of fused-ring (bicyclic) bond motifs is 1. The van der Waals surface area contributed by atoms with Gasteiger partial charge in [-0.3, -0.25) is 9.59 Å². The lowest BCUT2D eigenvalue weighted by molar-refractivity contribution is -0.121. The highest BCUT2D eigenvalue weighted by atomic mass is 16.5. The van der Waals surface area contributed by atoms with Gasteiger partial charge in [0.2, 0.25) is 5.91 Å². The van der Waals surface area contributed by atoms with Crippen molar-refractivity contribution in [3.63, 3.8) is 0 Å². The molecule has 0 aromatic heterocycles. The Hall–Kier alpha value is -5.43. The molecule has 0 fully saturated rings. The maximum Gasteiger partial charge on any atom is 0.251 e. The molecule has 0 unspecified atom stereocenters. The average molecular weight is 572 g/mol. The lowest BCUT2D eigenvalue weighted by Crippen LogP contribution is -2.32. The van der Waals surface area contributed by atoms with E-state index in [9.17, 15) is 9.59 Å². The Balaban J connectivity index is 1.22. The number of hydrogen-bond donors (Lipinski definition) is 2. The Bertz CT molecular complexity index is 1700. The number of carbonyl (C=O) groups is 2. The molecule has 0 aliphatic carbocycles. The smallest absolute Gasteiger partial charge is 0.251 e. The molecule has 2 N–H and O–H groups in total. The van der Waals surface area contributed by atoms with Gasteiger partial charge in [0.15, 0.2) is 11.5 Å². The molecule has 7 nitrogen and oxygen atoms in total. The van der Waals surface area contributed by atoms with Crippen LogP contribution < -0.4 is 20.2 Å². The Labute approximate surface area is 251 Å². The summed E-state index contributed by atoms with van der Waals surface area (Å²) in [7, 11) is 0. The zero-order valence-corrected chi connectivity index (χ0v) is 23.9. The minimum Gasteiger partial charge on any atom is -0.490 e. The molecular formula is C36H33N3O4. The van der Waals surface area contributed by atoms with E-state index in [-0.39, 0.29) is 18.2 Å². The Morgan fingerprint density at radius 2 is 1.51 bits per heavy atom. The number of hydrazone groups is 1. The van der Waals surface area contributed by atoms with Crippen LogP contribution in [0.15, 0.2) is 126 Å². The van der Waals surface area contributed by atoms with Crippen molar-refractivity contribution >= 4 is 28.8 Å². The first-order chi connectivity index (χ1) is 21.1. The van der Waals surface area contributed by atoms with E-state index in [1.807, 2.05) is 79.7 Å². The number of amides is 2. The highest BCUT2D eigenvalue weighted by molar-refractivity contribution is 5.94. The van der Waals surface area contributed by atoms with Gasteiger partial charge in [0, 0.05) is 5.56 Å². The number of hydrogen-bond acceptors (Lipinski definition) is 5. The predicted molar refractivity (Wildman–Crippen MR) is 169 cm³/mol. The third-order valence-electron chi connectivity index (χ3n) is 6.87. The third kappa shape index (κ3) is 7.86. The monoisotopic (exact) mass is 571 g/mol. The maximum absolute atomic E-state index is 12.9. The van der Waals surface area contributed by atoms with Crippen molar-refractivity contribution in [2.75, 3.05) is 6.61 Å². The van der Waals surface area contributed by atoms with Gasteiger partial charge in [-0.2, -0.15) is 5.10 Å². The number of ether oxygens (including phenoxy) is 2. The van der Waals surface area contributed by atoms with Crippen LogP contribution >= 0.6 is 0 Å². The van der Waals surface area contributed by atoms with Crippen molar-refractivity contribution in [1.29, 1.82) is 0 Å². The predicted octanol–water partition coefficient (Wildman–Crippen LogP) is 6.83. The first kappa shape index (κ1) is 29.1. The summed E-state index contributed by atoms with van der Waals surface area (Å²) in [6.07, 6.45) is 1.57. The highest BCUT2D eigenvalue weighted by Gasteiger charge is 2.19. The molecule has 43 heavy (non-hydrogen) atoms. The van der Waals surface area contributed by atoms with Gasteiger partial charge >= 0.3 is 0 Å². The van der Waals surface area contributed by atoms with Gasteiger partial charge in [0.1, 0.15) is 6.61 Å². The summed E-state index contributed by atoms with van der Waals surface area (Å²) in [4.78, 5) is 25.7. The second-order valence-electron chi connectivity index (χ2n) is 9.87. The molecule has 0 aliphatic heterocycles. The van der Waals surface area contributed by atoms with Crippen LogP contribution in [0.25, 0.3) is 10.8 Å². The largest absolute Gasteiger partial charge is 0.490 e. The summed E-state index contributed by atoms with van der Waals surface area (Å²) in [5.41, 5.74) is 5.75. The van der Waals surface area contributed by atoms with Gasteiger partial charge in [0.25, 0.3) is 5.91 Å². The summed E-state index contributed by atoms with van der Waals surface area (Å²) < 4.78 is 12.0. The molecule has 0 heterocycles. The summed E-state index contributed by atoms with van der Waals surface area (Å²) in [5, 5.41) is 9.43. The molecule has 0 bridgehead atoms. The van der Waals surface area contributed by atoms with Crippen LogP contribution in [0.1, 0.15) is 46.4 Å². The quantitative estimate of drug-likeness (QED) is 0.127. The zero-order chi connectivity index (χ0) is 29.9. The van der Waals surface area contributed by atoms with Gasteiger partial charge in [-0.1, -0.05) is 91.0 Å². The molecule has 0 spiro atoms. The first-order valence-electron chi connectivity index (χ1n) is 14.2. The minimum atomic E-state index is -0.521. The van der Waals surface area contributed by atoms with Gasteiger partial charge in [-0.25, -0.2) is 5.43 Å². The molecular weight excluding hydrogens is 538 g/mol. The Kier molecular flexibility index (Phi) is 9.78. The van der Waals surface area contributed by atoms with Crippen LogP contribution in [0.5, 0.6) is 11.5 Å². The number of rotatable bonds is 12. The molecule has 5 rings (SSSR count). The van der Waals surface area contributed by atoms with Crippen LogP contribution in [-0.2, 0) is 11.4 Å². The third-order valence-corrected chi connectivity index (χ3v) is 6.87. The molecule has 5 aromatic carbocycles. The zero-order valence-electron chi connectivity index (χ0n) is 23.9. The van der Waals surface area contributed by atoms with E-state index < -0.39 is 6.04 Å². The van der Waals surface area contributed by atoms with Crippen molar-refractivity contribution in [2.45, 2.75) is 26.0 Å². The average Bonchev–Trinajstić information content (AvgIpc) is 3.05. The standard InChI is InChI=1S/C36H33N3O4/c1-2-42-34-22-26(20-21-33(34)43-25-30-18-11-17-27-12-9-10-19-31(27)30)24-37-39-35(40)23-32(28-13-5-3-6-14-28)38-36(41)29-15-7-4-8-16-29/h3-22,24,32H,2,23,25H2,1H3,(H,38,41)(H,39,40)/b37-24-/t32-/m1/s1. The van der Waals surface area contributed by atoms with Gasteiger partial charge in [0.05, 0.1) is 25.3 Å². The van der Waals surface area contributed by atoms with Crippen molar-refractivity contribution in [3.05, 3.63) is 144 Å². The normalized spacial score (nSPS) is 11.7. The fourth-order valence-electron chi connectivity index (χ4n) is 4.74. The van der Waals surface area contributed by atoms with E-state index in [2.05, 4.69) is 40.1 Å². The van der Waals surface area contributed by atoms with Crippen molar-refractivity contribution in [2.24, 2.45) is 5.10 Å². The number of nitrogens with zero attached hydrogens (tertiary/aromatic N) is 1. The minimum absolute atomic E-state index is 0.0189. The highest BCUT2D eigenvalue weighted by Crippen LogP contribution is 2.30. The number of carbonyl (C=O) groups excluding carboxylic acids is 2. The molecule has 0 aliphatic rings. The molecule has 0 saturated carbocycles. The first-order valence-corrected chi connectivity index (χ1v) is 14.2. The van der Waals surface area contributed by atoms with E-state index in [0.717, 1.165) is 27.5 Å². The van der Waals surface area contributed by atoms with Gasteiger partial charge in [-0.05, 0) is 64.7 Å². The van der Waals surface area contributed by atoms with Crippen molar-refractivity contribution < 1.29 is 19.1 Å². The van der Waals surface area contributed by atoms with E-state index in [1.165, 1.54) is 0 Å². The summed E-state index contributed by atoms with van der Waals surface area (Å²) in [6, 6.07) is 37.7. The van der Waals surface area contributed by atoms with Gasteiger partial charge < -0.3 is 14.8 Å². The summed E-state index contributed by atoms with van der Waals surface area (Å²) in [5.74, 6) is 0.622. The molecule has 1 atom stereocenters. The fourth-order valence-corrected chi connectivity index (χ4v) is 4.74. The van der Waals surface area contributed by atoms with Crippen molar-refractivity contribution in [3.8, 4) is 11.5 Å². The second-order valence-corrected chi connectivity index (χ2v) is 9.87. The summed E-state index contributed by atoms with van der Waals surface area (Å²) in [6.45, 7) is 2.78. The Morgan fingerprint density at radius 3 is 2.30 bits per heavy atom. The van der Waals surface area contributed by atoms with Gasteiger partial charge in [-0.15, -0.1) is 0 Å². The summed E-state index contributed by atoms with van der Waals surface area (Å²) >= 11 is 0. The number of nitrogens with one attached hydrogen (secondary N) is 2. The van der Waals surface area contributed by atoms with Crippen LogP contribution in [0.3, 0.4) is 0 Å². The Morgan fingerprint density at radius 1 is 0.791 bits per heavy atom. The fraction of sp³-hybridized carbons (Fsp3) is 0.139. The second kappa shape index (κ2) is 14.5. The molecule has 5 aromatic rings. The lowest BCUT2D eigenvalue weighted by atomic mass is 10.0. The van der Waals surface area contributed by atoms with E-state index in [4.69, 9.17) is 9.47 Å². The SMILES string of the molecule is CCOc1cc(/C=N\NC(=O)C[C@@H](NC(=O)c2ccccc2)c2ccccc2)ccc1OCc1cccc2ccccc12. The molecule has 216 valence electrons. The van der Waals surface area contributed by atoms with E-state index >= 15 is 0 Å². The number of benzene rings is 5. The van der Waals surface area contributed by atoms with Crippen molar-refractivity contribution in [1.82, 2.24) is 10.7 Å². The van der Waals surface area contributed by atoms with Crippen LogP contribution in [0.4, 0.5) is 0 Å². The molecule has 2 amide bonds. The van der Waals surface area contributed by atoms with Crippen LogP contribution in [0, 0.1) is 0 Å². The molecule has 0 radical (unpaired) electrons. The van der Waals surface area contributed by atoms with E-state index in [0.29, 0.717) is 30.3 Å². The van der Waals surface area contributed by atoms with E-state index in [1.54, 1.807) is 30.5 Å².